The molecule has 1 aliphatic rings. The van der Waals surface area contributed by atoms with Gasteiger partial charge in [0.05, 0.1) is 0 Å². The van der Waals surface area contributed by atoms with Crippen LogP contribution in [0.3, 0.4) is 0 Å². The molecular formula is C14H20FN. The van der Waals surface area contributed by atoms with Crippen molar-refractivity contribution in [3.8, 4) is 0 Å². The standard InChI is InChI=1S/C14H20FN/c1-3-16-10-14(6-7-14)9-12-4-5-13(15)8-11(12)2/h4-5,8,16H,3,6-7,9-10H2,1-2H3. The van der Waals surface area contributed by atoms with Crippen LogP contribution in [0.25, 0.3) is 0 Å². The molecule has 1 saturated carbocycles. The predicted octanol–water partition coefficient (Wildman–Crippen LogP) is 3.07. The molecule has 16 heavy (non-hydrogen) atoms. The lowest BCUT2D eigenvalue weighted by molar-refractivity contribution is 0.461. The summed E-state index contributed by atoms with van der Waals surface area (Å²) in [6, 6.07) is 5.15. The summed E-state index contributed by atoms with van der Waals surface area (Å²) in [5.74, 6) is -0.127. The maximum Gasteiger partial charge on any atom is 0.123 e. The summed E-state index contributed by atoms with van der Waals surface area (Å²) >= 11 is 0. The first-order valence-corrected chi connectivity index (χ1v) is 6.11. The molecule has 0 unspecified atom stereocenters. The minimum Gasteiger partial charge on any atom is -0.316 e. The van der Waals surface area contributed by atoms with Crippen LogP contribution in [0, 0.1) is 18.2 Å². The van der Waals surface area contributed by atoms with Gasteiger partial charge in [-0.15, -0.1) is 0 Å². The quantitative estimate of drug-likeness (QED) is 0.805. The van der Waals surface area contributed by atoms with Crippen molar-refractivity contribution < 1.29 is 4.39 Å². The monoisotopic (exact) mass is 221 g/mol. The second-order valence-electron chi connectivity index (χ2n) is 5.03. The Hall–Kier alpha value is -0.890. The predicted molar refractivity (Wildman–Crippen MR) is 65.1 cm³/mol. The lowest BCUT2D eigenvalue weighted by Crippen LogP contribution is -2.25. The van der Waals surface area contributed by atoms with E-state index in [0.29, 0.717) is 5.41 Å². The van der Waals surface area contributed by atoms with E-state index in [1.807, 2.05) is 13.0 Å². The van der Waals surface area contributed by atoms with E-state index in [9.17, 15) is 4.39 Å². The van der Waals surface area contributed by atoms with E-state index in [1.54, 1.807) is 12.1 Å². The second-order valence-corrected chi connectivity index (χ2v) is 5.03. The molecule has 1 fully saturated rings. The Labute approximate surface area is 97.1 Å². The van der Waals surface area contributed by atoms with Crippen LogP contribution in [0.4, 0.5) is 4.39 Å². The van der Waals surface area contributed by atoms with Crippen LogP contribution in [0.5, 0.6) is 0 Å². The molecule has 0 radical (unpaired) electrons. The topological polar surface area (TPSA) is 12.0 Å². The Kier molecular flexibility index (Phi) is 3.29. The molecule has 0 spiro atoms. The molecule has 1 N–H and O–H groups in total. The SMILES string of the molecule is CCNCC1(Cc2ccc(F)cc2C)CC1. The van der Waals surface area contributed by atoms with Gasteiger partial charge in [-0.25, -0.2) is 4.39 Å². The van der Waals surface area contributed by atoms with E-state index < -0.39 is 0 Å². The largest absolute Gasteiger partial charge is 0.316 e. The van der Waals surface area contributed by atoms with Gasteiger partial charge in [-0.2, -0.15) is 0 Å². The molecule has 1 aliphatic carbocycles. The fraction of sp³-hybridized carbons (Fsp3) is 0.571. The third-order valence-corrected chi connectivity index (χ3v) is 3.58. The molecule has 1 nitrogen and oxygen atoms in total. The van der Waals surface area contributed by atoms with Crippen LogP contribution < -0.4 is 5.32 Å². The van der Waals surface area contributed by atoms with Crippen molar-refractivity contribution >= 4 is 0 Å². The zero-order valence-corrected chi connectivity index (χ0v) is 10.1. The van der Waals surface area contributed by atoms with Gasteiger partial charge in [0.15, 0.2) is 0 Å². The number of benzene rings is 1. The van der Waals surface area contributed by atoms with E-state index in [0.717, 1.165) is 25.1 Å². The fourth-order valence-electron chi connectivity index (χ4n) is 2.24. The maximum atomic E-state index is 13.0. The van der Waals surface area contributed by atoms with Crippen LogP contribution >= 0.6 is 0 Å². The van der Waals surface area contributed by atoms with Gasteiger partial charge in [-0.05, 0) is 61.4 Å². The van der Waals surface area contributed by atoms with E-state index in [4.69, 9.17) is 0 Å². The first-order chi connectivity index (χ1) is 7.65. The average molecular weight is 221 g/mol. The number of nitrogens with one attached hydrogen (secondary N) is 1. The number of hydrogen-bond acceptors (Lipinski definition) is 1. The highest BCUT2D eigenvalue weighted by molar-refractivity contribution is 5.28. The van der Waals surface area contributed by atoms with Gasteiger partial charge in [-0.3, -0.25) is 0 Å². The van der Waals surface area contributed by atoms with Crippen LogP contribution in [-0.4, -0.2) is 13.1 Å². The van der Waals surface area contributed by atoms with Crippen LogP contribution in [0.1, 0.15) is 30.9 Å². The zero-order valence-electron chi connectivity index (χ0n) is 10.1. The third kappa shape index (κ3) is 2.62. The molecule has 0 saturated heterocycles. The second kappa shape index (κ2) is 4.54. The van der Waals surface area contributed by atoms with Gasteiger partial charge in [-0.1, -0.05) is 13.0 Å². The highest BCUT2D eigenvalue weighted by Crippen LogP contribution is 2.48. The first-order valence-electron chi connectivity index (χ1n) is 6.11. The van der Waals surface area contributed by atoms with Crippen LogP contribution in [0.2, 0.25) is 0 Å². The smallest absolute Gasteiger partial charge is 0.123 e. The van der Waals surface area contributed by atoms with E-state index in [2.05, 4.69) is 12.2 Å². The molecule has 88 valence electrons. The van der Waals surface area contributed by atoms with Gasteiger partial charge in [0.25, 0.3) is 0 Å². The highest BCUT2D eigenvalue weighted by atomic mass is 19.1. The van der Waals surface area contributed by atoms with Crippen molar-refractivity contribution in [2.75, 3.05) is 13.1 Å². The number of hydrogen-bond donors (Lipinski definition) is 1. The van der Waals surface area contributed by atoms with Crippen molar-refractivity contribution in [3.63, 3.8) is 0 Å². The van der Waals surface area contributed by atoms with Crippen molar-refractivity contribution in [2.45, 2.75) is 33.1 Å². The Morgan fingerprint density at radius 3 is 2.69 bits per heavy atom. The summed E-state index contributed by atoms with van der Waals surface area (Å²) in [6.07, 6.45) is 3.69. The van der Waals surface area contributed by atoms with Gasteiger partial charge in [0, 0.05) is 6.54 Å². The molecule has 1 aromatic rings. The summed E-state index contributed by atoms with van der Waals surface area (Å²) in [6.45, 7) is 6.27. The maximum absolute atomic E-state index is 13.0. The summed E-state index contributed by atoms with van der Waals surface area (Å²) in [4.78, 5) is 0. The van der Waals surface area contributed by atoms with E-state index >= 15 is 0 Å². The Morgan fingerprint density at radius 2 is 2.12 bits per heavy atom. The normalized spacial score (nSPS) is 17.4. The molecule has 2 rings (SSSR count). The molecule has 0 amide bonds. The third-order valence-electron chi connectivity index (χ3n) is 3.58. The first kappa shape index (κ1) is 11.6. The Balaban J connectivity index is 2.03. The van der Waals surface area contributed by atoms with Gasteiger partial charge >= 0.3 is 0 Å². The molecule has 0 atom stereocenters. The Bertz CT molecular complexity index is 369. The Morgan fingerprint density at radius 1 is 1.38 bits per heavy atom. The number of rotatable bonds is 5. The van der Waals surface area contributed by atoms with Crippen molar-refractivity contribution in [1.29, 1.82) is 0 Å². The summed E-state index contributed by atoms with van der Waals surface area (Å²) in [5.41, 5.74) is 2.85. The summed E-state index contributed by atoms with van der Waals surface area (Å²) in [5, 5.41) is 3.43. The molecule has 0 aromatic heterocycles. The lowest BCUT2D eigenvalue weighted by atomic mass is 9.93. The molecule has 0 heterocycles. The number of halogens is 1. The summed E-state index contributed by atoms with van der Waals surface area (Å²) < 4.78 is 13.0. The van der Waals surface area contributed by atoms with Crippen molar-refractivity contribution in [2.24, 2.45) is 5.41 Å². The van der Waals surface area contributed by atoms with E-state index in [1.165, 1.54) is 18.4 Å². The average Bonchev–Trinajstić information content (AvgIpc) is 3.00. The minimum atomic E-state index is -0.127. The molecule has 2 heteroatoms. The van der Waals surface area contributed by atoms with Crippen LogP contribution in [0.15, 0.2) is 18.2 Å². The van der Waals surface area contributed by atoms with Gasteiger partial charge in [0.2, 0.25) is 0 Å². The van der Waals surface area contributed by atoms with Crippen molar-refractivity contribution in [3.05, 3.63) is 35.1 Å². The van der Waals surface area contributed by atoms with Crippen LogP contribution in [-0.2, 0) is 6.42 Å². The van der Waals surface area contributed by atoms with Gasteiger partial charge < -0.3 is 5.32 Å². The molecule has 0 aliphatic heterocycles. The molecular weight excluding hydrogens is 201 g/mol. The zero-order chi connectivity index (χ0) is 11.6. The van der Waals surface area contributed by atoms with E-state index in [-0.39, 0.29) is 5.82 Å². The highest BCUT2D eigenvalue weighted by Gasteiger charge is 2.41. The van der Waals surface area contributed by atoms with Gasteiger partial charge in [0.1, 0.15) is 5.82 Å². The van der Waals surface area contributed by atoms with Crippen molar-refractivity contribution in [1.82, 2.24) is 5.32 Å². The molecule has 1 aromatic carbocycles. The minimum absolute atomic E-state index is 0.127. The lowest BCUT2D eigenvalue weighted by Gasteiger charge is -2.17. The summed E-state index contributed by atoms with van der Waals surface area (Å²) in [7, 11) is 0. The number of aryl methyl sites for hydroxylation is 1. The fourth-order valence-corrected chi connectivity index (χ4v) is 2.24. The molecule has 0 bridgehead atoms.